The first kappa shape index (κ1) is 13.6. The van der Waals surface area contributed by atoms with Crippen LogP contribution in [0.3, 0.4) is 0 Å². The molecule has 0 aliphatic carbocycles. The summed E-state index contributed by atoms with van der Waals surface area (Å²) >= 11 is 0. The molecular formula is C15H22N2. The molecule has 0 saturated carbocycles. The second kappa shape index (κ2) is 6.96. The van der Waals surface area contributed by atoms with Crippen molar-refractivity contribution in [2.45, 2.75) is 40.0 Å². The molecule has 2 nitrogen and oxygen atoms in total. The molecule has 2 heteroatoms. The Balaban J connectivity index is 2.85. The number of benzene rings is 1. The highest BCUT2D eigenvalue weighted by Crippen LogP contribution is 2.23. The molecule has 0 fully saturated rings. The van der Waals surface area contributed by atoms with Gasteiger partial charge in [0.15, 0.2) is 0 Å². The molecule has 1 atom stereocenters. The summed E-state index contributed by atoms with van der Waals surface area (Å²) < 4.78 is 0. The van der Waals surface area contributed by atoms with E-state index in [1.165, 1.54) is 16.8 Å². The van der Waals surface area contributed by atoms with Crippen molar-refractivity contribution in [1.29, 1.82) is 5.26 Å². The third kappa shape index (κ3) is 3.49. The average molecular weight is 230 g/mol. The van der Waals surface area contributed by atoms with Gasteiger partial charge in [-0.15, -0.1) is 0 Å². The van der Waals surface area contributed by atoms with E-state index in [0.717, 1.165) is 25.8 Å². The molecule has 1 aromatic rings. The Bertz CT molecular complexity index is 368. The zero-order valence-corrected chi connectivity index (χ0v) is 11.1. The van der Waals surface area contributed by atoms with E-state index in [4.69, 9.17) is 5.26 Å². The van der Waals surface area contributed by atoms with Gasteiger partial charge in [-0.25, -0.2) is 0 Å². The minimum atomic E-state index is 0.101. The van der Waals surface area contributed by atoms with Crippen LogP contribution in [0.2, 0.25) is 0 Å². The largest absolute Gasteiger partial charge is 0.383 e. The number of hydrogen-bond acceptors (Lipinski definition) is 2. The Kier molecular flexibility index (Phi) is 5.56. The molecule has 1 rings (SSSR count). The van der Waals surface area contributed by atoms with Gasteiger partial charge in [-0.3, -0.25) is 0 Å². The summed E-state index contributed by atoms with van der Waals surface area (Å²) in [6.07, 6.45) is 2.96. The fraction of sp³-hybridized carbons (Fsp3) is 0.533. The van der Waals surface area contributed by atoms with Crippen LogP contribution in [-0.2, 0) is 12.8 Å². The smallest absolute Gasteiger partial charge is 0.0674 e. The number of aryl methyl sites for hydroxylation is 2. The van der Waals surface area contributed by atoms with Gasteiger partial charge >= 0.3 is 0 Å². The Hall–Kier alpha value is -1.49. The molecule has 0 aromatic heterocycles. The quantitative estimate of drug-likeness (QED) is 0.807. The number of anilines is 1. The zero-order valence-electron chi connectivity index (χ0n) is 11.1. The minimum Gasteiger partial charge on any atom is -0.383 e. The first-order chi connectivity index (χ1) is 8.26. The van der Waals surface area contributed by atoms with Gasteiger partial charge in [0, 0.05) is 12.2 Å². The van der Waals surface area contributed by atoms with E-state index in [9.17, 15) is 0 Å². The summed E-state index contributed by atoms with van der Waals surface area (Å²) in [7, 11) is 0. The van der Waals surface area contributed by atoms with Gasteiger partial charge < -0.3 is 5.32 Å². The van der Waals surface area contributed by atoms with Crippen LogP contribution in [0.25, 0.3) is 0 Å². The second-order valence-corrected chi connectivity index (χ2v) is 4.27. The fourth-order valence-corrected chi connectivity index (χ4v) is 1.98. The molecule has 0 aliphatic heterocycles. The van der Waals surface area contributed by atoms with Crippen LogP contribution in [0.15, 0.2) is 18.2 Å². The topological polar surface area (TPSA) is 35.8 Å². The third-order valence-corrected chi connectivity index (χ3v) is 3.20. The average Bonchev–Trinajstić information content (AvgIpc) is 2.39. The van der Waals surface area contributed by atoms with E-state index in [1.54, 1.807) is 0 Å². The van der Waals surface area contributed by atoms with E-state index in [0.29, 0.717) is 0 Å². The van der Waals surface area contributed by atoms with Gasteiger partial charge in [0.25, 0.3) is 0 Å². The van der Waals surface area contributed by atoms with Crippen molar-refractivity contribution < 1.29 is 0 Å². The Morgan fingerprint density at radius 2 is 1.76 bits per heavy atom. The molecule has 0 spiro atoms. The maximum absolute atomic E-state index is 8.97. The maximum atomic E-state index is 8.97. The van der Waals surface area contributed by atoms with Gasteiger partial charge in [0.05, 0.1) is 12.0 Å². The molecule has 0 aliphatic rings. The van der Waals surface area contributed by atoms with Crippen LogP contribution in [-0.4, -0.2) is 6.54 Å². The number of para-hydroxylation sites is 1. The lowest BCUT2D eigenvalue weighted by molar-refractivity contribution is 0.673. The molecule has 17 heavy (non-hydrogen) atoms. The van der Waals surface area contributed by atoms with Gasteiger partial charge in [-0.2, -0.15) is 5.26 Å². The molecule has 1 aromatic carbocycles. The molecule has 0 bridgehead atoms. The lowest BCUT2D eigenvalue weighted by atomic mass is 10.0. The van der Waals surface area contributed by atoms with Crippen LogP contribution < -0.4 is 5.32 Å². The zero-order chi connectivity index (χ0) is 12.7. The van der Waals surface area contributed by atoms with Crippen molar-refractivity contribution in [1.82, 2.24) is 0 Å². The van der Waals surface area contributed by atoms with E-state index in [-0.39, 0.29) is 5.92 Å². The predicted molar refractivity (Wildman–Crippen MR) is 73.1 cm³/mol. The van der Waals surface area contributed by atoms with Crippen molar-refractivity contribution in [2.24, 2.45) is 5.92 Å². The highest BCUT2D eigenvalue weighted by Gasteiger charge is 2.08. The lowest BCUT2D eigenvalue weighted by Crippen LogP contribution is -2.14. The van der Waals surface area contributed by atoms with Gasteiger partial charge in [0.1, 0.15) is 0 Å². The molecule has 92 valence electrons. The SMILES string of the molecule is CCc1cccc(CC)c1NCC(C#N)CC. The van der Waals surface area contributed by atoms with E-state index in [1.807, 2.05) is 0 Å². The maximum Gasteiger partial charge on any atom is 0.0674 e. The Morgan fingerprint density at radius 1 is 1.18 bits per heavy atom. The second-order valence-electron chi connectivity index (χ2n) is 4.27. The number of nitrogens with zero attached hydrogens (tertiary/aromatic N) is 1. The monoisotopic (exact) mass is 230 g/mol. The molecule has 1 unspecified atom stereocenters. The number of nitrogens with one attached hydrogen (secondary N) is 1. The molecule has 0 heterocycles. The van der Waals surface area contributed by atoms with E-state index in [2.05, 4.69) is 50.4 Å². The van der Waals surface area contributed by atoms with Gasteiger partial charge in [-0.05, 0) is 30.4 Å². The normalized spacial score (nSPS) is 11.9. The summed E-state index contributed by atoms with van der Waals surface area (Å²) in [5.41, 5.74) is 3.93. The van der Waals surface area contributed by atoms with E-state index >= 15 is 0 Å². The molecule has 1 N–H and O–H groups in total. The number of hydrogen-bond donors (Lipinski definition) is 1. The van der Waals surface area contributed by atoms with Crippen molar-refractivity contribution in [3.8, 4) is 6.07 Å². The third-order valence-electron chi connectivity index (χ3n) is 3.20. The molecular weight excluding hydrogens is 208 g/mol. The van der Waals surface area contributed by atoms with Gasteiger partial charge in [-0.1, -0.05) is 39.0 Å². The summed E-state index contributed by atoms with van der Waals surface area (Å²) in [5.74, 6) is 0.101. The molecule has 0 saturated heterocycles. The Labute approximate surface area is 105 Å². The van der Waals surface area contributed by atoms with Crippen LogP contribution in [0.1, 0.15) is 38.3 Å². The van der Waals surface area contributed by atoms with Gasteiger partial charge in [0.2, 0.25) is 0 Å². The molecule has 0 amide bonds. The van der Waals surface area contributed by atoms with Crippen molar-refractivity contribution in [3.05, 3.63) is 29.3 Å². The number of rotatable bonds is 6. The minimum absolute atomic E-state index is 0.101. The first-order valence-corrected chi connectivity index (χ1v) is 6.50. The summed E-state index contributed by atoms with van der Waals surface area (Å²) in [5, 5.41) is 12.4. The standard InChI is InChI=1S/C15H22N2/c1-4-12(10-16)11-17-15-13(5-2)8-7-9-14(15)6-3/h7-9,12,17H,4-6,11H2,1-3H3. The number of nitriles is 1. The van der Waals surface area contributed by atoms with E-state index < -0.39 is 0 Å². The van der Waals surface area contributed by atoms with Crippen molar-refractivity contribution in [3.63, 3.8) is 0 Å². The Morgan fingerprint density at radius 3 is 2.18 bits per heavy atom. The van der Waals surface area contributed by atoms with Crippen LogP contribution in [0, 0.1) is 17.2 Å². The lowest BCUT2D eigenvalue weighted by Gasteiger charge is -2.16. The predicted octanol–water partition coefficient (Wildman–Crippen LogP) is 3.77. The highest BCUT2D eigenvalue weighted by atomic mass is 14.9. The van der Waals surface area contributed by atoms with Crippen LogP contribution in [0.4, 0.5) is 5.69 Å². The van der Waals surface area contributed by atoms with Crippen molar-refractivity contribution in [2.75, 3.05) is 11.9 Å². The van der Waals surface area contributed by atoms with Crippen LogP contribution in [0.5, 0.6) is 0 Å². The van der Waals surface area contributed by atoms with Crippen molar-refractivity contribution >= 4 is 5.69 Å². The highest BCUT2D eigenvalue weighted by molar-refractivity contribution is 5.58. The summed E-state index contributed by atoms with van der Waals surface area (Å²) in [6.45, 7) is 7.14. The fourth-order valence-electron chi connectivity index (χ4n) is 1.98. The van der Waals surface area contributed by atoms with Crippen LogP contribution >= 0.6 is 0 Å². The summed E-state index contributed by atoms with van der Waals surface area (Å²) in [6, 6.07) is 8.77. The molecule has 0 radical (unpaired) electrons. The summed E-state index contributed by atoms with van der Waals surface area (Å²) in [4.78, 5) is 0. The first-order valence-electron chi connectivity index (χ1n) is 6.50.